The zero-order valence-electron chi connectivity index (χ0n) is 20.9. The largest absolute Gasteiger partial charge is 0.673 e. The molecule has 1 rings (SSSR count). The Kier molecular flexibility index (Phi) is 21.2. The average molecular weight is 464 g/mol. The fourth-order valence-electron chi connectivity index (χ4n) is 3.89. The van der Waals surface area contributed by atoms with E-state index in [4.69, 9.17) is 0 Å². The predicted molar refractivity (Wildman–Crippen MR) is 133 cm³/mol. The fraction of sp³-hybridized carbons (Fsp3) is 0.760. The summed E-state index contributed by atoms with van der Waals surface area (Å²) in [6.45, 7) is 4.75. The molecule has 0 atom stereocenters. The van der Waals surface area contributed by atoms with Gasteiger partial charge in [-0.25, -0.2) is 0 Å². The quantitative estimate of drug-likeness (QED) is 0.106. The third-order valence-electron chi connectivity index (χ3n) is 5.57. The standard InChI is InChI=1S/C25H46N.BF4.H3N/c1-4-5-6-7-8-9-10-11-12-13-14-15-16-20-23-26(2,3)24-25-21-18-17-19-22-25;2-1(3,4)5;/h17-19,21-22H,4-16,20,23-24H2,1-3H3;;1H3/q+1;-1;. The molecule has 0 unspecified atom stereocenters. The number of nitrogens with zero attached hydrogens (tertiary/aromatic N) is 1. The molecule has 0 heterocycles. The van der Waals surface area contributed by atoms with E-state index in [1.165, 1.54) is 102 Å². The van der Waals surface area contributed by atoms with Crippen molar-refractivity contribution in [3.05, 3.63) is 35.9 Å². The molecule has 32 heavy (non-hydrogen) atoms. The molecule has 2 nitrogen and oxygen atoms in total. The lowest BCUT2D eigenvalue weighted by Crippen LogP contribution is -2.39. The van der Waals surface area contributed by atoms with E-state index in [0.717, 1.165) is 11.0 Å². The van der Waals surface area contributed by atoms with Crippen molar-refractivity contribution in [3.8, 4) is 0 Å². The molecule has 0 aliphatic heterocycles. The van der Waals surface area contributed by atoms with Gasteiger partial charge in [-0.05, 0) is 12.8 Å². The van der Waals surface area contributed by atoms with Crippen LogP contribution < -0.4 is 6.15 Å². The minimum atomic E-state index is -6.00. The molecule has 190 valence electrons. The van der Waals surface area contributed by atoms with E-state index in [0.29, 0.717) is 0 Å². The summed E-state index contributed by atoms with van der Waals surface area (Å²) in [5.41, 5.74) is 1.46. The minimum Gasteiger partial charge on any atom is -0.418 e. The number of rotatable bonds is 17. The second-order valence-corrected chi connectivity index (χ2v) is 9.39. The number of hydrogen-bond donors (Lipinski definition) is 1. The zero-order chi connectivity index (χ0) is 23.4. The Morgan fingerprint density at radius 3 is 1.34 bits per heavy atom. The van der Waals surface area contributed by atoms with Crippen molar-refractivity contribution in [1.82, 2.24) is 6.15 Å². The van der Waals surface area contributed by atoms with E-state index in [2.05, 4.69) is 51.4 Å². The lowest BCUT2D eigenvalue weighted by Gasteiger charge is -2.30. The van der Waals surface area contributed by atoms with E-state index >= 15 is 0 Å². The Balaban J connectivity index is 0. The Hall–Kier alpha value is -1.08. The molecule has 0 fully saturated rings. The molecular formula is C25H49BF4N2. The summed E-state index contributed by atoms with van der Waals surface area (Å²) in [6.07, 6.45) is 20.2. The Morgan fingerprint density at radius 1 is 0.625 bits per heavy atom. The predicted octanol–water partition coefficient (Wildman–Crippen LogP) is 9.21. The minimum absolute atomic E-state index is 0. The molecule has 1 aromatic rings. The van der Waals surface area contributed by atoms with Gasteiger partial charge in [-0.1, -0.05) is 114 Å². The summed E-state index contributed by atoms with van der Waals surface area (Å²) in [5.74, 6) is 0. The topological polar surface area (TPSA) is 35.0 Å². The number of hydrogen-bond acceptors (Lipinski definition) is 1. The third-order valence-corrected chi connectivity index (χ3v) is 5.57. The second-order valence-electron chi connectivity index (χ2n) is 9.39. The van der Waals surface area contributed by atoms with Gasteiger partial charge in [-0.3, -0.25) is 0 Å². The highest BCUT2D eigenvalue weighted by atomic mass is 19.5. The summed E-state index contributed by atoms with van der Waals surface area (Å²) in [6, 6.07) is 10.9. The number of halogens is 4. The molecule has 7 heteroatoms. The maximum absolute atomic E-state index is 9.75. The smallest absolute Gasteiger partial charge is 0.418 e. The van der Waals surface area contributed by atoms with Crippen LogP contribution in [-0.4, -0.2) is 32.4 Å². The highest BCUT2D eigenvalue weighted by Gasteiger charge is 2.20. The van der Waals surface area contributed by atoms with Gasteiger partial charge in [0.1, 0.15) is 6.54 Å². The molecule has 1 aromatic carbocycles. The van der Waals surface area contributed by atoms with Crippen molar-refractivity contribution in [1.29, 1.82) is 0 Å². The van der Waals surface area contributed by atoms with Gasteiger partial charge < -0.3 is 27.9 Å². The number of quaternary nitrogens is 1. The summed E-state index contributed by atoms with van der Waals surface area (Å²) in [4.78, 5) is 0. The summed E-state index contributed by atoms with van der Waals surface area (Å²) < 4.78 is 40.1. The normalized spacial score (nSPS) is 11.5. The van der Waals surface area contributed by atoms with E-state index in [1.807, 2.05) is 0 Å². The second kappa shape index (κ2) is 20.5. The Bertz CT molecular complexity index is 504. The number of unbranched alkanes of at least 4 members (excludes halogenated alkanes) is 13. The molecule has 0 amide bonds. The van der Waals surface area contributed by atoms with E-state index in [9.17, 15) is 17.3 Å². The highest BCUT2D eigenvalue weighted by Crippen LogP contribution is 2.15. The van der Waals surface area contributed by atoms with Crippen LogP contribution in [0.25, 0.3) is 0 Å². The van der Waals surface area contributed by atoms with Crippen LogP contribution in [0.1, 0.15) is 102 Å². The van der Waals surface area contributed by atoms with Crippen LogP contribution in [0, 0.1) is 0 Å². The van der Waals surface area contributed by atoms with Gasteiger partial charge in [-0.2, -0.15) is 0 Å². The van der Waals surface area contributed by atoms with Crippen molar-refractivity contribution in [2.24, 2.45) is 0 Å². The van der Waals surface area contributed by atoms with Crippen LogP contribution in [0.5, 0.6) is 0 Å². The Labute approximate surface area is 195 Å². The monoisotopic (exact) mass is 464 g/mol. The maximum atomic E-state index is 9.75. The van der Waals surface area contributed by atoms with Gasteiger partial charge in [0.15, 0.2) is 0 Å². The SMILES string of the molecule is CCCCCCCCCCCCCCCC[N+](C)(C)Cc1ccccc1.F[B-](F)(F)F.N. The molecule has 0 aliphatic carbocycles. The van der Waals surface area contributed by atoms with E-state index in [-0.39, 0.29) is 6.15 Å². The first-order chi connectivity index (χ1) is 14.6. The molecular weight excluding hydrogens is 415 g/mol. The first kappa shape index (κ1) is 33.1. The van der Waals surface area contributed by atoms with Crippen LogP contribution in [0.4, 0.5) is 17.3 Å². The molecule has 0 aliphatic rings. The first-order valence-corrected chi connectivity index (χ1v) is 12.4. The van der Waals surface area contributed by atoms with Crippen LogP contribution in [0.15, 0.2) is 30.3 Å². The molecule has 0 radical (unpaired) electrons. The molecule has 0 aromatic heterocycles. The highest BCUT2D eigenvalue weighted by molar-refractivity contribution is 6.50. The lowest BCUT2D eigenvalue weighted by molar-refractivity contribution is -0.903. The van der Waals surface area contributed by atoms with E-state index < -0.39 is 7.25 Å². The molecule has 3 N–H and O–H groups in total. The van der Waals surface area contributed by atoms with Crippen molar-refractivity contribution in [3.63, 3.8) is 0 Å². The van der Waals surface area contributed by atoms with Gasteiger partial charge in [0.05, 0.1) is 20.6 Å². The molecule has 0 spiro atoms. The summed E-state index contributed by atoms with van der Waals surface area (Å²) >= 11 is 0. The fourth-order valence-corrected chi connectivity index (χ4v) is 3.89. The van der Waals surface area contributed by atoms with Gasteiger partial charge in [0, 0.05) is 5.56 Å². The van der Waals surface area contributed by atoms with E-state index in [1.54, 1.807) is 0 Å². The zero-order valence-corrected chi connectivity index (χ0v) is 20.9. The van der Waals surface area contributed by atoms with Crippen LogP contribution in [0.2, 0.25) is 0 Å². The van der Waals surface area contributed by atoms with Gasteiger partial charge in [0.25, 0.3) is 0 Å². The van der Waals surface area contributed by atoms with Crippen LogP contribution in [-0.2, 0) is 6.54 Å². The van der Waals surface area contributed by atoms with Gasteiger partial charge in [-0.15, -0.1) is 0 Å². The van der Waals surface area contributed by atoms with Gasteiger partial charge >= 0.3 is 7.25 Å². The molecule has 0 saturated heterocycles. The summed E-state index contributed by atoms with van der Waals surface area (Å²) in [7, 11) is -1.26. The van der Waals surface area contributed by atoms with Gasteiger partial charge in [0.2, 0.25) is 0 Å². The van der Waals surface area contributed by atoms with Crippen molar-refractivity contribution in [2.45, 2.75) is 103 Å². The van der Waals surface area contributed by atoms with Crippen molar-refractivity contribution in [2.75, 3.05) is 20.6 Å². The summed E-state index contributed by atoms with van der Waals surface area (Å²) in [5, 5.41) is 0. The first-order valence-electron chi connectivity index (χ1n) is 12.4. The molecule has 0 bridgehead atoms. The Morgan fingerprint density at radius 2 is 0.969 bits per heavy atom. The third kappa shape index (κ3) is 27.0. The molecule has 0 saturated carbocycles. The van der Waals surface area contributed by atoms with Crippen molar-refractivity contribution < 1.29 is 21.7 Å². The average Bonchev–Trinajstić information content (AvgIpc) is 2.67. The van der Waals surface area contributed by atoms with Crippen molar-refractivity contribution >= 4 is 7.25 Å². The maximum Gasteiger partial charge on any atom is 0.673 e. The number of benzene rings is 1. The lowest BCUT2D eigenvalue weighted by atomic mass is 10.0. The van der Waals surface area contributed by atoms with Crippen LogP contribution in [0.3, 0.4) is 0 Å². The van der Waals surface area contributed by atoms with Crippen LogP contribution >= 0.6 is 0 Å².